The highest BCUT2D eigenvalue weighted by molar-refractivity contribution is 7.22. The van der Waals surface area contributed by atoms with Crippen molar-refractivity contribution in [2.45, 2.75) is 40.2 Å². The molecule has 0 unspecified atom stereocenters. The van der Waals surface area contributed by atoms with E-state index in [1.807, 2.05) is 28.1 Å². The molecule has 2 aromatic carbocycles. The Balaban J connectivity index is 0.00000272. The Hall–Kier alpha value is -2.70. The van der Waals surface area contributed by atoms with Gasteiger partial charge < -0.3 is 4.57 Å². The van der Waals surface area contributed by atoms with Gasteiger partial charge in [-0.15, -0.1) is 12.4 Å². The van der Waals surface area contributed by atoms with Gasteiger partial charge in [-0.3, -0.25) is 9.69 Å². The highest BCUT2D eigenvalue weighted by Gasteiger charge is 2.20. The first kappa shape index (κ1) is 23.0. The Bertz CT molecular complexity index is 1170. The molecule has 0 aliphatic carbocycles. The lowest BCUT2D eigenvalue weighted by molar-refractivity contribution is -0.118. The fourth-order valence-electron chi connectivity index (χ4n) is 3.60. The molecule has 162 valence electrons. The van der Waals surface area contributed by atoms with Crippen LogP contribution in [-0.4, -0.2) is 27.0 Å². The average Bonchev–Trinajstić information content (AvgIpc) is 3.36. The number of carbonyl (C=O) groups excluding carboxylic acids is 1. The summed E-state index contributed by atoms with van der Waals surface area (Å²) in [5, 5.41) is 0.774. The molecule has 4 aromatic rings. The lowest BCUT2D eigenvalue weighted by Crippen LogP contribution is -2.33. The van der Waals surface area contributed by atoms with E-state index in [-0.39, 0.29) is 18.3 Å². The zero-order valence-electron chi connectivity index (χ0n) is 18.0. The fraction of sp³-hybridized carbons (Fsp3) is 0.292. The number of amides is 1. The first-order chi connectivity index (χ1) is 14.5. The van der Waals surface area contributed by atoms with Crippen LogP contribution in [0.3, 0.4) is 0 Å². The highest BCUT2D eigenvalue weighted by Crippen LogP contribution is 2.30. The summed E-state index contributed by atoms with van der Waals surface area (Å²) in [4.78, 5) is 24.1. The van der Waals surface area contributed by atoms with Crippen molar-refractivity contribution in [3.05, 3.63) is 77.4 Å². The molecule has 0 saturated carbocycles. The topological polar surface area (TPSA) is 51.0 Å². The van der Waals surface area contributed by atoms with E-state index in [1.54, 1.807) is 17.5 Å². The van der Waals surface area contributed by atoms with E-state index in [1.165, 1.54) is 11.1 Å². The molecule has 1 amide bonds. The van der Waals surface area contributed by atoms with Gasteiger partial charge in [-0.1, -0.05) is 41.2 Å². The molecule has 7 heteroatoms. The number of carbonyl (C=O) groups is 1. The number of fused-ring (bicyclic) bond motifs is 1. The third-order valence-corrected chi connectivity index (χ3v) is 6.30. The van der Waals surface area contributed by atoms with Gasteiger partial charge in [-0.2, -0.15) is 0 Å². The fourth-order valence-corrected chi connectivity index (χ4v) is 4.70. The maximum atomic E-state index is 13.4. The van der Waals surface area contributed by atoms with Gasteiger partial charge in [0.15, 0.2) is 5.13 Å². The minimum atomic E-state index is 0. The summed E-state index contributed by atoms with van der Waals surface area (Å²) in [6, 6.07) is 12.5. The molecule has 0 atom stereocenters. The molecule has 31 heavy (non-hydrogen) atoms. The molecule has 0 aliphatic rings. The highest BCUT2D eigenvalue weighted by atomic mass is 35.5. The second-order valence-electron chi connectivity index (χ2n) is 7.77. The molecule has 0 N–H and O–H groups in total. The maximum absolute atomic E-state index is 13.4. The van der Waals surface area contributed by atoms with Crippen molar-refractivity contribution in [2.24, 2.45) is 0 Å². The minimum absolute atomic E-state index is 0. The Labute approximate surface area is 193 Å². The van der Waals surface area contributed by atoms with E-state index in [2.05, 4.69) is 56.1 Å². The molecule has 0 radical (unpaired) electrons. The van der Waals surface area contributed by atoms with Crippen LogP contribution >= 0.6 is 23.7 Å². The van der Waals surface area contributed by atoms with Gasteiger partial charge in [0.25, 0.3) is 0 Å². The van der Waals surface area contributed by atoms with Crippen LogP contribution in [0.1, 0.15) is 28.7 Å². The Morgan fingerprint density at radius 3 is 2.61 bits per heavy atom. The number of halogens is 1. The lowest BCUT2D eigenvalue weighted by Gasteiger charge is -2.20. The molecule has 0 fully saturated rings. The third-order valence-electron chi connectivity index (χ3n) is 5.26. The van der Waals surface area contributed by atoms with E-state index in [4.69, 9.17) is 4.98 Å². The molecule has 0 aliphatic heterocycles. The molecular formula is C24H27ClN4OS. The van der Waals surface area contributed by atoms with Crippen LogP contribution in [-0.2, 0) is 17.8 Å². The molecule has 0 bridgehead atoms. The van der Waals surface area contributed by atoms with Crippen LogP contribution in [0.5, 0.6) is 0 Å². The summed E-state index contributed by atoms with van der Waals surface area (Å²) >= 11 is 1.59. The molecular weight excluding hydrogens is 428 g/mol. The lowest BCUT2D eigenvalue weighted by atomic mass is 10.0. The number of rotatable bonds is 7. The minimum Gasteiger partial charge on any atom is -0.337 e. The van der Waals surface area contributed by atoms with Crippen LogP contribution in [0.4, 0.5) is 5.13 Å². The largest absolute Gasteiger partial charge is 0.337 e. The summed E-state index contributed by atoms with van der Waals surface area (Å²) in [5.41, 5.74) is 5.58. The van der Waals surface area contributed by atoms with Gasteiger partial charge in [0, 0.05) is 25.5 Å². The predicted octanol–water partition coefficient (Wildman–Crippen LogP) is 5.51. The van der Waals surface area contributed by atoms with Gasteiger partial charge in [0.1, 0.15) is 0 Å². The molecule has 4 rings (SSSR count). The van der Waals surface area contributed by atoms with Crippen molar-refractivity contribution in [2.75, 3.05) is 11.4 Å². The summed E-state index contributed by atoms with van der Waals surface area (Å²) in [6.45, 7) is 7.66. The van der Waals surface area contributed by atoms with E-state index < -0.39 is 0 Å². The normalized spacial score (nSPS) is 10.8. The summed E-state index contributed by atoms with van der Waals surface area (Å²) in [6.07, 6.45) is 6.75. The second kappa shape index (κ2) is 10.1. The number of thiazole rings is 1. The monoisotopic (exact) mass is 454 g/mol. The number of imidazole rings is 1. The van der Waals surface area contributed by atoms with Gasteiger partial charge in [-0.05, 0) is 56.0 Å². The Kier molecular flexibility index (Phi) is 7.46. The molecule has 5 nitrogen and oxygen atoms in total. The van der Waals surface area contributed by atoms with Crippen molar-refractivity contribution >= 4 is 45.0 Å². The zero-order valence-corrected chi connectivity index (χ0v) is 19.7. The number of anilines is 1. The summed E-state index contributed by atoms with van der Waals surface area (Å²) < 4.78 is 3.15. The third kappa shape index (κ3) is 5.51. The predicted molar refractivity (Wildman–Crippen MR) is 130 cm³/mol. The molecule has 2 aromatic heterocycles. The van der Waals surface area contributed by atoms with Crippen LogP contribution in [0.15, 0.2) is 55.1 Å². The smallest absolute Gasteiger partial charge is 0.233 e. The quantitative estimate of drug-likeness (QED) is 0.370. The van der Waals surface area contributed by atoms with E-state index in [0.717, 1.165) is 39.4 Å². The van der Waals surface area contributed by atoms with Gasteiger partial charge in [0.05, 0.1) is 23.0 Å². The number of hydrogen-bond acceptors (Lipinski definition) is 4. The first-order valence-electron chi connectivity index (χ1n) is 10.2. The Morgan fingerprint density at radius 2 is 1.87 bits per heavy atom. The van der Waals surface area contributed by atoms with Crippen LogP contribution < -0.4 is 4.90 Å². The molecule has 0 spiro atoms. The molecule has 0 saturated heterocycles. The van der Waals surface area contributed by atoms with E-state index in [9.17, 15) is 4.79 Å². The number of aryl methyl sites for hydroxylation is 4. The van der Waals surface area contributed by atoms with Crippen molar-refractivity contribution in [1.29, 1.82) is 0 Å². The standard InChI is InChI=1S/C24H26N4OS.ClH/c1-17-5-7-20(19(3)13-17)15-23(29)28(11-4-10-27-12-9-25-16-27)24-26-21-8-6-18(2)14-22(21)30-24;/h5-9,12-14,16H,4,10-11,15H2,1-3H3;1H. The van der Waals surface area contributed by atoms with Gasteiger partial charge >= 0.3 is 0 Å². The number of hydrogen-bond donors (Lipinski definition) is 0. The Morgan fingerprint density at radius 1 is 1.10 bits per heavy atom. The maximum Gasteiger partial charge on any atom is 0.233 e. The van der Waals surface area contributed by atoms with Crippen LogP contribution in [0.2, 0.25) is 0 Å². The summed E-state index contributed by atoms with van der Waals surface area (Å²) in [7, 11) is 0. The van der Waals surface area contributed by atoms with E-state index >= 15 is 0 Å². The van der Waals surface area contributed by atoms with Crippen LogP contribution in [0, 0.1) is 20.8 Å². The van der Waals surface area contributed by atoms with Crippen LogP contribution in [0.25, 0.3) is 10.2 Å². The zero-order chi connectivity index (χ0) is 21.1. The summed E-state index contributed by atoms with van der Waals surface area (Å²) in [5.74, 6) is 0.0864. The number of aromatic nitrogens is 3. The van der Waals surface area contributed by atoms with Crippen molar-refractivity contribution in [1.82, 2.24) is 14.5 Å². The SMILES string of the molecule is Cc1ccc(CC(=O)N(CCCn2ccnc2)c2nc3ccc(C)cc3s2)c(C)c1.Cl. The number of benzene rings is 2. The second-order valence-corrected chi connectivity index (χ2v) is 8.78. The van der Waals surface area contributed by atoms with E-state index in [0.29, 0.717) is 13.0 Å². The van der Waals surface area contributed by atoms with Crippen molar-refractivity contribution in [3.63, 3.8) is 0 Å². The van der Waals surface area contributed by atoms with Crippen molar-refractivity contribution in [3.8, 4) is 0 Å². The number of nitrogens with zero attached hydrogens (tertiary/aromatic N) is 4. The van der Waals surface area contributed by atoms with Gasteiger partial charge in [-0.25, -0.2) is 9.97 Å². The van der Waals surface area contributed by atoms with Gasteiger partial charge in [0.2, 0.25) is 5.91 Å². The molecule has 2 heterocycles. The van der Waals surface area contributed by atoms with Crippen molar-refractivity contribution < 1.29 is 4.79 Å². The average molecular weight is 455 g/mol. The first-order valence-corrected chi connectivity index (χ1v) is 11.0.